The predicted octanol–water partition coefficient (Wildman–Crippen LogP) is 1.94. The Kier molecular flexibility index (Phi) is 4.31. The van der Waals surface area contributed by atoms with E-state index in [9.17, 15) is 14.0 Å². The molecule has 138 valence electrons. The van der Waals surface area contributed by atoms with Crippen LogP contribution < -0.4 is 10.5 Å². The zero-order valence-corrected chi connectivity index (χ0v) is 14.7. The third kappa shape index (κ3) is 3.25. The van der Waals surface area contributed by atoms with Crippen molar-refractivity contribution in [1.29, 1.82) is 0 Å². The first-order chi connectivity index (χ1) is 13.0. The van der Waals surface area contributed by atoms with Gasteiger partial charge in [-0.1, -0.05) is 0 Å². The van der Waals surface area contributed by atoms with Crippen LogP contribution in [0.4, 0.5) is 10.1 Å². The molecule has 1 unspecified atom stereocenters. The number of nitrogens with zero attached hydrogens (tertiary/aromatic N) is 5. The van der Waals surface area contributed by atoms with Crippen molar-refractivity contribution in [2.75, 3.05) is 4.90 Å². The number of fused-ring (bicyclic) bond motifs is 1. The number of hydrogen-bond donors (Lipinski definition) is 0. The molecule has 1 aromatic carbocycles. The zero-order valence-electron chi connectivity index (χ0n) is 14.7. The van der Waals surface area contributed by atoms with Gasteiger partial charge >= 0.3 is 0 Å². The summed E-state index contributed by atoms with van der Waals surface area (Å²) in [5, 5.41) is 8.33. The van der Waals surface area contributed by atoms with Crippen molar-refractivity contribution in [2.24, 2.45) is 0 Å². The van der Waals surface area contributed by atoms with Gasteiger partial charge in [0.25, 0.3) is 5.56 Å². The molecule has 0 radical (unpaired) electrons. The van der Waals surface area contributed by atoms with Gasteiger partial charge < -0.3 is 4.90 Å². The van der Waals surface area contributed by atoms with E-state index in [0.29, 0.717) is 17.9 Å². The summed E-state index contributed by atoms with van der Waals surface area (Å²) in [4.78, 5) is 26.8. The molecule has 1 atom stereocenters. The van der Waals surface area contributed by atoms with Gasteiger partial charge in [0, 0.05) is 30.2 Å². The molecule has 0 spiro atoms. The van der Waals surface area contributed by atoms with Crippen molar-refractivity contribution in [3.63, 3.8) is 0 Å². The van der Waals surface area contributed by atoms with Crippen LogP contribution in [0.2, 0.25) is 0 Å². The number of hydrogen-bond acceptors (Lipinski definition) is 4. The number of carbonyl (C=O) groups excluding carboxylic acids is 1. The van der Waals surface area contributed by atoms with E-state index in [0.717, 1.165) is 16.7 Å². The van der Waals surface area contributed by atoms with E-state index in [1.165, 1.54) is 22.9 Å². The average molecular weight is 367 g/mol. The summed E-state index contributed by atoms with van der Waals surface area (Å²) >= 11 is 0. The molecule has 0 fully saturated rings. The first kappa shape index (κ1) is 17.1. The second-order valence-corrected chi connectivity index (χ2v) is 6.56. The van der Waals surface area contributed by atoms with Gasteiger partial charge in [0.15, 0.2) is 5.82 Å². The molecule has 0 N–H and O–H groups in total. The molecular weight excluding hydrogens is 349 g/mol. The molecule has 0 saturated heterocycles. The normalized spacial score (nSPS) is 16.2. The minimum absolute atomic E-state index is 0.0412. The molecule has 1 amide bonds. The molecule has 1 aliphatic heterocycles. The third-order valence-electron chi connectivity index (χ3n) is 4.72. The average Bonchev–Trinajstić information content (AvgIpc) is 3.18. The Hall–Kier alpha value is -3.29. The number of aryl methyl sites for hydroxylation is 1. The maximum atomic E-state index is 13.5. The number of aromatic nitrogens is 4. The Morgan fingerprint density at radius 3 is 2.93 bits per heavy atom. The molecule has 0 aliphatic carbocycles. The van der Waals surface area contributed by atoms with Gasteiger partial charge in [0.05, 0.1) is 0 Å². The lowest BCUT2D eigenvalue weighted by molar-refractivity contribution is -0.120. The fraction of sp³-hybridized carbons (Fsp3) is 0.263. The third-order valence-corrected chi connectivity index (χ3v) is 4.72. The van der Waals surface area contributed by atoms with Crippen molar-refractivity contribution in [3.8, 4) is 5.82 Å². The minimum atomic E-state index is -0.372. The lowest BCUT2D eigenvalue weighted by Crippen LogP contribution is -2.45. The SMILES string of the molecule is CC1CCc2cc(F)ccc2N1C(=O)Cn1nc(-n2cccn2)ccc1=O. The largest absolute Gasteiger partial charge is 0.308 e. The Morgan fingerprint density at radius 2 is 2.15 bits per heavy atom. The maximum absolute atomic E-state index is 13.5. The second-order valence-electron chi connectivity index (χ2n) is 6.56. The monoisotopic (exact) mass is 367 g/mol. The predicted molar refractivity (Wildman–Crippen MR) is 97.3 cm³/mol. The highest BCUT2D eigenvalue weighted by Gasteiger charge is 2.29. The fourth-order valence-corrected chi connectivity index (χ4v) is 3.38. The van der Waals surface area contributed by atoms with E-state index in [-0.39, 0.29) is 29.9 Å². The van der Waals surface area contributed by atoms with Crippen LogP contribution in [0.25, 0.3) is 5.82 Å². The highest BCUT2D eigenvalue weighted by Crippen LogP contribution is 2.31. The van der Waals surface area contributed by atoms with E-state index in [4.69, 9.17) is 0 Å². The highest BCUT2D eigenvalue weighted by atomic mass is 19.1. The molecule has 1 aliphatic rings. The van der Waals surface area contributed by atoms with Gasteiger partial charge in [-0.3, -0.25) is 9.59 Å². The first-order valence-corrected chi connectivity index (χ1v) is 8.71. The number of anilines is 1. The molecule has 3 heterocycles. The van der Waals surface area contributed by atoms with Crippen molar-refractivity contribution >= 4 is 11.6 Å². The lowest BCUT2D eigenvalue weighted by atomic mass is 9.96. The highest BCUT2D eigenvalue weighted by molar-refractivity contribution is 5.95. The van der Waals surface area contributed by atoms with E-state index < -0.39 is 0 Å². The van der Waals surface area contributed by atoms with Crippen LogP contribution in [0.15, 0.2) is 53.6 Å². The van der Waals surface area contributed by atoms with E-state index >= 15 is 0 Å². The Morgan fingerprint density at radius 1 is 1.30 bits per heavy atom. The minimum Gasteiger partial charge on any atom is -0.308 e. The van der Waals surface area contributed by atoms with Gasteiger partial charge in [-0.25, -0.2) is 13.8 Å². The van der Waals surface area contributed by atoms with Gasteiger partial charge in [-0.2, -0.15) is 5.10 Å². The summed E-state index contributed by atoms with van der Waals surface area (Å²) in [5.41, 5.74) is 1.12. The number of carbonyl (C=O) groups is 1. The summed E-state index contributed by atoms with van der Waals surface area (Å²) in [6.07, 6.45) is 4.76. The number of halogens is 1. The number of rotatable bonds is 3. The van der Waals surface area contributed by atoms with Gasteiger partial charge in [-0.05, 0) is 55.7 Å². The van der Waals surface area contributed by atoms with E-state index in [1.807, 2.05) is 6.92 Å². The molecule has 8 heteroatoms. The Bertz CT molecular complexity index is 1040. The second kappa shape index (κ2) is 6.79. The van der Waals surface area contributed by atoms with Crippen molar-refractivity contribution in [1.82, 2.24) is 19.6 Å². The van der Waals surface area contributed by atoms with Crippen molar-refractivity contribution < 1.29 is 9.18 Å². The lowest BCUT2D eigenvalue weighted by Gasteiger charge is -2.35. The van der Waals surface area contributed by atoms with Crippen LogP contribution in [0.1, 0.15) is 18.9 Å². The summed E-state index contributed by atoms with van der Waals surface area (Å²) < 4.78 is 16.2. The zero-order chi connectivity index (χ0) is 19.0. The number of amides is 1. The first-order valence-electron chi connectivity index (χ1n) is 8.71. The van der Waals surface area contributed by atoms with Crippen LogP contribution in [0.3, 0.4) is 0 Å². The van der Waals surface area contributed by atoms with Crippen LogP contribution in [-0.4, -0.2) is 31.5 Å². The number of benzene rings is 1. The summed E-state index contributed by atoms with van der Waals surface area (Å²) in [6, 6.07) is 9.05. The molecule has 0 bridgehead atoms. The quantitative estimate of drug-likeness (QED) is 0.709. The van der Waals surface area contributed by atoms with Crippen LogP contribution in [0, 0.1) is 5.82 Å². The summed E-state index contributed by atoms with van der Waals surface area (Å²) in [5.74, 6) is -0.135. The molecule has 27 heavy (non-hydrogen) atoms. The fourth-order valence-electron chi connectivity index (χ4n) is 3.38. The van der Waals surface area contributed by atoms with Crippen LogP contribution in [0.5, 0.6) is 0 Å². The summed E-state index contributed by atoms with van der Waals surface area (Å²) in [7, 11) is 0. The molecule has 2 aromatic heterocycles. The van der Waals surface area contributed by atoms with E-state index in [2.05, 4.69) is 10.2 Å². The topological polar surface area (TPSA) is 73.0 Å². The molecular formula is C19H18FN5O2. The van der Waals surface area contributed by atoms with Gasteiger partial charge in [0.1, 0.15) is 12.4 Å². The van der Waals surface area contributed by atoms with Crippen molar-refractivity contribution in [2.45, 2.75) is 32.4 Å². The molecule has 3 aromatic rings. The molecule has 4 rings (SSSR count). The maximum Gasteiger partial charge on any atom is 0.267 e. The van der Waals surface area contributed by atoms with Gasteiger partial charge in [0.2, 0.25) is 5.91 Å². The van der Waals surface area contributed by atoms with Crippen LogP contribution >= 0.6 is 0 Å². The van der Waals surface area contributed by atoms with E-state index in [1.54, 1.807) is 35.5 Å². The summed E-state index contributed by atoms with van der Waals surface area (Å²) in [6.45, 7) is 1.75. The molecule has 7 nitrogen and oxygen atoms in total. The van der Waals surface area contributed by atoms with Crippen molar-refractivity contribution in [3.05, 3.63) is 70.5 Å². The smallest absolute Gasteiger partial charge is 0.267 e. The van der Waals surface area contributed by atoms with Gasteiger partial charge in [-0.15, -0.1) is 5.10 Å². The Balaban J connectivity index is 1.65. The molecule has 0 saturated carbocycles. The standard InChI is InChI=1S/C19H18FN5O2/c1-13-3-4-14-11-15(20)5-6-16(14)25(13)19(27)12-24-18(26)8-7-17(22-24)23-10-2-9-21-23/h2,5-11,13H,3-4,12H2,1H3. The van der Waals surface area contributed by atoms with Crippen LogP contribution in [-0.2, 0) is 17.8 Å². The Labute approximate surface area is 154 Å².